The van der Waals surface area contributed by atoms with Crippen molar-refractivity contribution in [2.75, 3.05) is 44.1 Å². The smallest absolute Gasteiger partial charge is 0.331 e. The van der Waals surface area contributed by atoms with E-state index in [1.165, 1.54) is 10.8 Å². The van der Waals surface area contributed by atoms with Gasteiger partial charge in [0.1, 0.15) is 22.1 Å². The number of ether oxygens (including phenoxy) is 1. The molecule has 0 bridgehead atoms. The number of aromatic nitrogens is 2. The van der Waals surface area contributed by atoms with Crippen LogP contribution in [0, 0.1) is 13.8 Å². The minimum atomic E-state index is -3.46. The maximum Gasteiger partial charge on any atom is 0.331 e. The van der Waals surface area contributed by atoms with Gasteiger partial charge in [0.25, 0.3) is 5.56 Å². The van der Waals surface area contributed by atoms with Gasteiger partial charge in [-0.2, -0.15) is 0 Å². The van der Waals surface area contributed by atoms with Crippen LogP contribution in [0.25, 0.3) is 11.1 Å². The molecule has 2 aromatic carbocycles. The lowest BCUT2D eigenvalue weighted by atomic mass is 9.99. The number of amides is 3. The first-order valence-corrected chi connectivity index (χ1v) is 17.0. The molecule has 2 aliphatic heterocycles. The van der Waals surface area contributed by atoms with Gasteiger partial charge < -0.3 is 19.9 Å². The van der Waals surface area contributed by atoms with Crippen LogP contribution in [0.2, 0.25) is 0 Å². The van der Waals surface area contributed by atoms with Crippen molar-refractivity contribution in [1.82, 2.24) is 18.9 Å². The highest BCUT2D eigenvalue weighted by Crippen LogP contribution is 2.28. The van der Waals surface area contributed by atoms with Crippen LogP contribution >= 0.6 is 0 Å². The van der Waals surface area contributed by atoms with Gasteiger partial charge in [-0.05, 0) is 73.6 Å². The Morgan fingerprint density at radius 1 is 1.02 bits per heavy atom. The van der Waals surface area contributed by atoms with E-state index in [0.717, 1.165) is 39.0 Å². The first-order chi connectivity index (χ1) is 21.4. The number of aryl methyl sites for hydroxylation is 1. The SMILES string of the molecule is COc1ccc2c(c1)CCN(C1CCN(C(=O)Cn3cc(-c4cccc(C)c4C)c(=O)n(CCS(C)(=O)=O)c3=O)CC1)C(=O)N2. The summed E-state index contributed by atoms with van der Waals surface area (Å²) in [4.78, 5) is 57.0. The molecule has 3 heterocycles. The third-order valence-corrected chi connectivity index (χ3v) is 9.74. The average molecular weight is 638 g/mol. The van der Waals surface area contributed by atoms with E-state index in [1.54, 1.807) is 18.1 Å². The Balaban J connectivity index is 1.33. The standard InChI is InChI=1S/C32H39N5O7S/c1-21-6-5-7-26(22(21)2)27-19-35(32(41)37(30(27)39)16-17-45(4,42)43)20-29(38)34-13-11-24(12-14-34)36-15-10-23-18-25(44-3)8-9-28(23)33-31(36)40/h5-9,18-19,24H,10-17,20H2,1-4H3,(H,33,40). The summed E-state index contributed by atoms with van der Waals surface area (Å²) in [5, 5.41) is 3.00. The van der Waals surface area contributed by atoms with Gasteiger partial charge in [-0.15, -0.1) is 0 Å². The number of sulfone groups is 1. The highest BCUT2D eigenvalue weighted by atomic mass is 32.2. The van der Waals surface area contributed by atoms with Crippen LogP contribution in [-0.4, -0.2) is 84.1 Å². The summed E-state index contributed by atoms with van der Waals surface area (Å²) < 4.78 is 31.2. The first-order valence-electron chi connectivity index (χ1n) is 15.0. The van der Waals surface area contributed by atoms with Crippen molar-refractivity contribution in [3.8, 4) is 16.9 Å². The molecule has 1 aromatic heterocycles. The molecule has 0 saturated carbocycles. The predicted octanol–water partition coefficient (Wildman–Crippen LogP) is 2.43. The van der Waals surface area contributed by atoms with Crippen molar-refractivity contribution in [2.45, 2.75) is 52.2 Å². The Morgan fingerprint density at radius 3 is 2.44 bits per heavy atom. The molecule has 0 spiro atoms. The Morgan fingerprint density at radius 2 is 1.76 bits per heavy atom. The van der Waals surface area contributed by atoms with Gasteiger partial charge in [-0.3, -0.25) is 18.7 Å². The normalized spacial score (nSPS) is 15.8. The second kappa shape index (κ2) is 12.9. The zero-order valence-corrected chi connectivity index (χ0v) is 26.9. The van der Waals surface area contributed by atoms with Gasteiger partial charge in [0.15, 0.2) is 0 Å². The van der Waals surface area contributed by atoms with Crippen LogP contribution in [0.5, 0.6) is 5.75 Å². The van der Waals surface area contributed by atoms with Gasteiger partial charge in [0.05, 0.1) is 18.4 Å². The van der Waals surface area contributed by atoms with E-state index in [2.05, 4.69) is 5.32 Å². The number of hydrogen-bond acceptors (Lipinski definition) is 7. The Labute approximate surface area is 262 Å². The van der Waals surface area contributed by atoms with Gasteiger partial charge in [-0.25, -0.2) is 18.0 Å². The summed E-state index contributed by atoms with van der Waals surface area (Å²) in [5.74, 6) is 0.0488. The fourth-order valence-corrected chi connectivity index (χ4v) is 6.54. The molecule has 3 aromatic rings. The predicted molar refractivity (Wildman–Crippen MR) is 172 cm³/mol. The molecule has 45 heavy (non-hydrogen) atoms. The molecule has 0 radical (unpaired) electrons. The maximum atomic E-state index is 13.5. The number of urea groups is 1. The average Bonchev–Trinajstić information content (AvgIpc) is 3.17. The number of piperidine rings is 1. The van der Waals surface area contributed by atoms with E-state index in [0.29, 0.717) is 44.5 Å². The molecule has 2 aliphatic rings. The minimum Gasteiger partial charge on any atom is -0.497 e. The minimum absolute atomic E-state index is 0.0539. The second-order valence-electron chi connectivity index (χ2n) is 11.8. The molecule has 5 rings (SSSR count). The van der Waals surface area contributed by atoms with Crippen molar-refractivity contribution in [3.05, 3.63) is 80.1 Å². The maximum absolute atomic E-state index is 13.5. The van der Waals surface area contributed by atoms with Crippen LogP contribution in [0.4, 0.5) is 10.5 Å². The summed E-state index contributed by atoms with van der Waals surface area (Å²) in [6, 6.07) is 10.8. The third-order valence-electron chi connectivity index (χ3n) is 8.82. The number of methoxy groups -OCH3 is 1. The van der Waals surface area contributed by atoms with E-state index in [-0.39, 0.29) is 42.4 Å². The molecule has 1 fully saturated rings. The number of benzene rings is 2. The monoisotopic (exact) mass is 637 g/mol. The highest BCUT2D eigenvalue weighted by Gasteiger charge is 2.32. The quantitative estimate of drug-likeness (QED) is 0.400. The number of carbonyl (C=O) groups is 2. The second-order valence-corrected chi connectivity index (χ2v) is 14.1. The number of likely N-dealkylation sites (tertiary alicyclic amines) is 1. The number of carbonyl (C=O) groups excluding carboxylic acids is 2. The number of nitrogens with one attached hydrogen (secondary N) is 1. The number of rotatable bonds is 8. The first kappa shape index (κ1) is 32.0. The van der Waals surface area contributed by atoms with Crippen molar-refractivity contribution in [3.63, 3.8) is 0 Å². The molecular formula is C32H39N5O7S. The third kappa shape index (κ3) is 6.98. The number of hydrogen-bond donors (Lipinski definition) is 1. The highest BCUT2D eigenvalue weighted by molar-refractivity contribution is 7.90. The fourth-order valence-electron chi connectivity index (χ4n) is 6.03. The fraction of sp³-hybridized carbons (Fsp3) is 0.438. The van der Waals surface area contributed by atoms with Crippen molar-refractivity contribution in [1.29, 1.82) is 0 Å². The molecule has 1 saturated heterocycles. The summed E-state index contributed by atoms with van der Waals surface area (Å²) >= 11 is 0. The molecule has 0 atom stereocenters. The molecule has 0 aliphatic carbocycles. The number of fused-ring (bicyclic) bond motifs is 1. The molecule has 12 nitrogen and oxygen atoms in total. The summed E-state index contributed by atoms with van der Waals surface area (Å²) in [7, 11) is -1.86. The number of anilines is 1. The van der Waals surface area contributed by atoms with Crippen LogP contribution in [0.3, 0.4) is 0 Å². The lowest BCUT2D eigenvalue weighted by Gasteiger charge is -2.38. The van der Waals surface area contributed by atoms with Crippen LogP contribution < -0.4 is 21.3 Å². The molecule has 13 heteroatoms. The molecule has 0 unspecified atom stereocenters. The van der Waals surface area contributed by atoms with Crippen molar-refractivity contribution < 1.29 is 22.7 Å². The van der Waals surface area contributed by atoms with Gasteiger partial charge >= 0.3 is 11.7 Å². The van der Waals surface area contributed by atoms with Crippen molar-refractivity contribution >= 4 is 27.5 Å². The zero-order chi connectivity index (χ0) is 32.5. The Bertz CT molecular complexity index is 1860. The zero-order valence-electron chi connectivity index (χ0n) is 26.0. The van der Waals surface area contributed by atoms with E-state index in [9.17, 15) is 27.6 Å². The summed E-state index contributed by atoms with van der Waals surface area (Å²) in [6.45, 7) is 4.51. The van der Waals surface area contributed by atoms with Gasteiger partial charge in [-0.1, -0.05) is 18.2 Å². The number of nitrogens with zero attached hydrogens (tertiary/aromatic N) is 4. The van der Waals surface area contributed by atoms with Crippen LogP contribution in [0.15, 0.2) is 52.2 Å². The van der Waals surface area contributed by atoms with E-state index in [4.69, 9.17) is 4.74 Å². The van der Waals surface area contributed by atoms with E-state index >= 15 is 0 Å². The Hall–Kier alpha value is -4.39. The Kier molecular flexibility index (Phi) is 9.19. The lowest BCUT2D eigenvalue weighted by molar-refractivity contribution is -0.133. The molecule has 3 amide bonds. The van der Waals surface area contributed by atoms with Crippen LogP contribution in [0.1, 0.15) is 29.5 Å². The van der Waals surface area contributed by atoms with E-state index in [1.807, 2.05) is 49.1 Å². The largest absolute Gasteiger partial charge is 0.497 e. The van der Waals surface area contributed by atoms with Crippen molar-refractivity contribution in [2.24, 2.45) is 0 Å². The van der Waals surface area contributed by atoms with Crippen LogP contribution in [-0.2, 0) is 34.1 Å². The van der Waals surface area contributed by atoms with Gasteiger partial charge in [0.2, 0.25) is 5.91 Å². The topological polar surface area (TPSA) is 140 Å². The van der Waals surface area contributed by atoms with E-state index < -0.39 is 21.1 Å². The molecule has 1 N–H and O–H groups in total. The van der Waals surface area contributed by atoms with Gasteiger partial charge in [0, 0.05) is 50.4 Å². The molecule has 240 valence electrons. The lowest BCUT2D eigenvalue weighted by Crippen LogP contribution is -2.51. The summed E-state index contributed by atoms with van der Waals surface area (Å²) in [6.07, 6.45) is 4.28. The summed E-state index contributed by atoms with van der Waals surface area (Å²) in [5.41, 5.74) is 3.07. The molecular weight excluding hydrogens is 598 g/mol.